The van der Waals surface area contributed by atoms with Crippen LogP contribution in [-0.4, -0.2) is 36.1 Å². The Balaban J connectivity index is 1.92. The van der Waals surface area contributed by atoms with Crippen LogP contribution in [0.4, 0.5) is 0 Å². The van der Waals surface area contributed by atoms with Crippen LogP contribution in [0.2, 0.25) is 0 Å². The fourth-order valence-corrected chi connectivity index (χ4v) is 2.38. The molecule has 1 N–H and O–H groups in total. The molecule has 1 aliphatic heterocycles. The Bertz CT molecular complexity index is 378. The molecular weight excluding hydrogens is 214 g/mol. The van der Waals surface area contributed by atoms with Gasteiger partial charge in [0.15, 0.2) is 0 Å². The van der Waals surface area contributed by atoms with Crippen molar-refractivity contribution in [3.05, 3.63) is 35.4 Å². The zero-order valence-corrected chi connectivity index (χ0v) is 10.2. The number of nitrogens with zero attached hydrogens (tertiary/aromatic N) is 1. The van der Waals surface area contributed by atoms with E-state index in [0.29, 0.717) is 5.56 Å². The Hall–Kier alpha value is -1.35. The van der Waals surface area contributed by atoms with Gasteiger partial charge in [-0.3, -0.25) is 0 Å². The molecular formula is C14H19NO2. The summed E-state index contributed by atoms with van der Waals surface area (Å²) in [6.45, 7) is 2.36. The van der Waals surface area contributed by atoms with Crippen LogP contribution < -0.4 is 0 Å². The Kier molecular flexibility index (Phi) is 3.79. The molecule has 1 fully saturated rings. The summed E-state index contributed by atoms with van der Waals surface area (Å²) < 4.78 is 0. The smallest absolute Gasteiger partial charge is 0.335 e. The van der Waals surface area contributed by atoms with Crippen molar-refractivity contribution in [2.75, 3.05) is 20.1 Å². The second kappa shape index (κ2) is 5.32. The third-order valence-corrected chi connectivity index (χ3v) is 3.56. The predicted molar refractivity (Wildman–Crippen MR) is 67.3 cm³/mol. The molecule has 0 radical (unpaired) electrons. The van der Waals surface area contributed by atoms with Crippen LogP contribution in [0.25, 0.3) is 0 Å². The number of benzene rings is 1. The van der Waals surface area contributed by atoms with Crippen LogP contribution in [0, 0.1) is 5.92 Å². The van der Waals surface area contributed by atoms with Gasteiger partial charge >= 0.3 is 5.97 Å². The number of carbonyl (C=O) groups is 1. The second-order valence-electron chi connectivity index (χ2n) is 4.95. The average molecular weight is 233 g/mol. The van der Waals surface area contributed by atoms with E-state index < -0.39 is 5.97 Å². The molecule has 3 nitrogen and oxygen atoms in total. The van der Waals surface area contributed by atoms with E-state index in [2.05, 4.69) is 11.9 Å². The van der Waals surface area contributed by atoms with Crippen LogP contribution in [0.3, 0.4) is 0 Å². The number of hydrogen-bond donors (Lipinski definition) is 1. The number of piperidine rings is 1. The van der Waals surface area contributed by atoms with Gasteiger partial charge in [0.2, 0.25) is 0 Å². The van der Waals surface area contributed by atoms with Crippen LogP contribution in [0.1, 0.15) is 28.8 Å². The minimum Gasteiger partial charge on any atom is -0.478 e. The number of rotatable bonds is 3. The van der Waals surface area contributed by atoms with Gasteiger partial charge in [-0.15, -0.1) is 0 Å². The molecule has 3 heteroatoms. The summed E-state index contributed by atoms with van der Waals surface area (Å²) in [6.07, 6.45) is 3.57. The van der Waals surface area contributed by atoms with Crippen LogP contribution in [0.15, 0.2) is 24.3 Å². The first-order chi connectivity index (χ1) is 8.15. The molecule has 1 heterocycles. The maximum atomic E-state index is 10.7. The summed E-state index contributed by atoms with van der Waals surface area (Å²) in [4.78, 5) is 13.1. The van der Waals surface area contributed by atoms with Crippen molar-refractivity contribution >= 4 is 5.97 Å². The molecule has 0 unspecified atom stereocenters. The molecule has 0 saturated carbocycles. The number of aromatic carboxylic acids is 1. The average Bonchev–Trinajstić information content (AvgIpc) is 2.33. The van der Waals surface area contributed by atoms with Gasteiger partial charge in [-0.05, 0) is 63.0 Å². The highest BCUT2D eigenvalue weighted by Gasteiger charge is 2.16. The van der Waals surface area contributed by atoms with E-state index in [4.69, 9.17) is 5.11 Å². The first-order valence-electron chi connectivity index (χ1n) is 6.16. The maximum Gasteiger partial charge on any atom is 0.335 e. The Morgan fingerprint density at radius 2 is 1.88 bits per heavy atom. The van der Waals surface area contributed by atoms with Crippen LogP contribution in [-0.2, 0) is 6.42 Å². The molecule has 0 bridgehead atoms. The molecule has 0 atom stereocenters. The SMILES string of the molecule is CN1CCC(Cc2ccc(C(=O)O)cc2)CC1. The van der Waals surface area contributed by atoms with Crippen molar-refractivity contribution in [2.24, 2.45) is 5.92 Å². The molecule has 0 amide bonds. The van der Waals surface area contributed by atoms with Crippen molar-refractivity contribution in [3.63, 3.8) is 0 Å². The Morgan fingerprint density at radius 3 is 2.41 bits per heavy atom. The van der Waals surface area contributed by atoms with Crippen molar-refractivity contribution in [1.29, 1.82) is 0 Å². The number of hydrogen-bond acceptors (Lipinski definition) is 2. The largest absolute Gasteiger partial charge is 0.478 e. The molecule has 0 spiro atoms. The molecule has 1 aromatic rings. The van der Waals surface area contributed by atoms with Crippen molar-refractivity contribution in [2.45, 2.75) is 19.3 Å². The first-order valence-corrected chi connectivity index (χ1v) is 6.16. The summed E-state index contributed by atoms with van der Waals surface area (Å²) in [5.74, 6) is -0.0993. The maximum absolute atomic E-state index is 10.7. The Morgan fingerprint density at radius 1 is 1.29 bits per heavy atom. The minimum absolute atomic E-state index is 0.372. The van der Waals surface area contributed by atoms with E-state index in [-0.39, 0.29) is 0 Å². The van der Waals surface area contributed by atoms with Gasteiger partial charge < -0.3 is 10.0 Å². The summed E-state index contributed by atoms with van der Waals surface area (Å²) in [6, 6.07) is 7.29. The number of likely N-dealkylation sites (tertiary alicyclic amines) is 1. The highest BCUT2D eigenvalue weighted by Crippen LogP contribution is 2.21. The summed E-state index contributed by atoms with van der Waals surface area (Å²) >= 11 is 0. The zero-order valence-electron chi connectivity index (χ0n) is 10.2. The molecule has 17 heavy (non-hydrogen) atoms. The first kappa shape index (κ1) is 12.1. The van der Waals surface area contributed by atoms with Crippen LogP contribution in [0.5, 0.6) is 0 Å². The highest BCUT2D eigenvalue weighted by atomic mass is 16.4. The van der Waals surface area contributed by atoms with Gasteiger partial charge in [0, 0.05) is 0 Å². The van der Waals surface area contributed by atoms with Gasteiger partial charge in [0.1, 0.15) is 0 Å². The summed E-state index contributed by atoms with van der Waals surface area (Å²) in [5, 5.41) is 8.82. The molecule has 1 aromatic carbocycles. The van der Waals surface area contributed by atoms with Gasteiger partial charge in [-0.25, -0.2) is 4.79 Å². The van der Waals surface area contributed by atoms with Crippen molar-refractivity contribution < 1.29 is 9.90 Å². The fourth-order valence-electron chi connectivity index (χ4n) is 2.38. The predicted octanol–water partition coefficient (Wildman–Crippen LogP) is 2.27. The number of carboxylic acids is 1. The monoisotopic (exact) mass is 233 g/mol. The van der Waals surface area contributed by atoms with Crippen molar-refractivity contribution in [3.8, 4) is 0 Å². The van der Waals surface area contributed by atoms with Crippen molar-refractivity contribution in [1.82, 2.24) is 4.90 Å². The minimum atomic E-state index is -0.851. The lowest BCUT2D eigenvalue weighted by molar-refractivity contribution is 0.0697. The topological polar surface area (TPSA) is 40.5 Å². The summed E-state index contributed by atoms with van der Waals surface area (Å²) in [7, 11) is 2.16. The number of carboxylic acid groups (broad SMARTS) is 1. The quantitative estimate of drug-likeness (QED) is 0.870. The molecule has 1 saturated heterocycles. The van der Waals surface area contributed by atoms with E-state index in [0.717, 1.165) is 12.3 Å². The third-order valence-electron chi connectivity index (χ3n) is 3.56. The van der Waals surface area contributed by atoms with Gasteiger partial charge in [0.25, 0.3) is 0 Å². The van der Waals surface area contributed by atoms with Gasteiger partial charge in [-0.1, -0.05) is 12.1 Å². The fraction of sp³-hybridized carbons (Fsp3) is 0.500. The lowest BCUT2D eigenvalue weighted by Gasteiger charge is -2.28. The van der Waals surface area contributed by atoms with E-state index in [9.17, 15) is 4.79 Å². The lowest BCUT2D eigenvalue weighted by Crippen LogP contribution is -2.30. The third kappa shape index (κ3) is 3.30. The van der Waals surface area contributed by atoms with E-state index in [1.807, 2.05) is 12.1 Å². The standard InChI is InChI=1S/C14H19NO2/c1-15-8-6-12(7-9-15)10-11-2-4-13(5-3-11)14(16)17/h2-5,12H,6-10H2,1H3,(H,16,17). The van der Waals surface area contributed by atoms with E-state index in [1.165, 1.54) is 31.5 Å². The second-order valence-corrected chi connectivity index (χ2v) is 4.95. The normalized spacial score (nSPS) is 18.2. The molecule has 1 aliphatic rings. The van der Waals surface area contributed by atoms with Gasteiger partial charge in [-0.2, -0.15) is 0 Å². The van der Waals surface area contributed by atoms with Gasteiger partial charge in [0.05, 0.1) is 5.56 Å². The zero-order chi connectivity index (χ0) is 12.3. The molecule has 2 rings (SSSR count). The highest BCUT2D eigenvalue weighted by molar-refractivity contribution is 5.87. The lowest BCUT2D eigenvalue weighted by atomic mass is 9.90. The van der Waals surface area contributed by atoms with Crippen LogP contribution >= 0.6 is 0 Å². The molecule has 0 aliphatic carbocycles. The van der Waals surface area contributed by atoms with E-state index >= 15 is 0 Å². The Labute approximate surface area is 102 Å². The van der Waals surface area contributed by atoms with E-state index in [1.54, 1.807) is 12.1 Å². The molecule has 92 valence electrons. The molecule has 0 aromatic heterocycles. The summed E-state index contributed by atoms with van der Waals surface area (Å²) in [5.41, 5.74) is 1.63.